The van der Waals surface area contributed by atoms with Gasteiger partial charge in [0.05, 0.1) is 6.61 Å². The largest absolute Gasteiger partial charge is 0.493 e. The number of aliphatic imine (C=N–C) groups is 1. The minimum Gasteiger partial charge on any atom is -0.493 e. The highest BCUT2D eigenvalue weighted by atomic mass is 127. The number of benzene rings is 1. The lowest BCUT2D eigenvalue weighted by Gasteiger charge is -2.33. The Balaban J connectivity index is 0.00000272. The van der Waals surface area contributed by atoms with E-state index in [-0.39, 0.29) is 24.0 Å². The fourth-order valence-corrected chi connectivity index (χ4v) is 3.87. The van der Waals surface area contributed by atoms with E-state index in [1.807, 2.05) is 6.20 Å². The predicted molar refractivity (Wildman–Crippen MR) is 137 cm³/mol. The molecule has 1 aromatic carbocycles. The lowest BCUT2D eigenvalue weighted by Crippen LogP contribution is -2.44. The maximum absolute atomic E-state index is 5.58. The first-order valence-electron chi connectivity index (χ1n) is 10.8. The third-order valence-electron chi connectivity index (χ3n) is 5.78. The summed E-state index contributed by atoms with van der Waals surface area (Å²) >= 11 is 0. The number of likely N-dealkylation sites (N-methyl/N-ethyl adjacent to an activating group) is 1. The van der Waals surface area contributed by atoms with Gasteiger partial charge in [0.25, 0.3) is 0 Å². The third kappa shape index (κ3) is 6.46. The molecule has 2 aliphatic heterocycles. The Morgan fingerprint density at radius 3 is 2.65 bits per heavy atom. The Morgan fingerprint density at radius 2 is 1.90 bits per heavy atom. The zero-order valence-electron chi connectivity index (χ0n) is 18.4. The van der Waals surface area contributed by atoms with E-state index in [1.165, 1.54) is 11.1 Å². The highest BCUT2D eigenvalue weighted by Gasteiger charge is 2.15. The number of fused-ring (bicyclic) bond motifs is 1. The van der Waals surface area contributed by atoms with Crippen molar-refractivity contribution < 1.29 is 4.74 Å². The van der Waals surface area contributed by atoms with E-state index in [9.17, 15) is 0 Å². The molecule has 4 rings (SSSR count). The van der Waals surface area contributed by atoms with Crippen LogP contribution in [0.1, 0.15) is 16.7 Å². The van der Waals surface area contributed by atoms with E-state index < -0.39 is 0 Å². The van der Waals surface area contributed by atoms with Crippen molar-refractivity contribution in [1.29, 1.82) is 0 Å². The van der Waals surface area contributed by atoms with Crippen molar-refractivity contribution in [3.8, 4) is 5.75 Å². The number of aromatic nitrogens is 1. The minimum atomic E-state index is 0. The molecule has 2 aromatic rings. The molecule has 8 heteroatoms. The van der Waals surface area contributed by atoms with Crippen LogP contribution in [0.2, 0.25) is 0 Å². The average molecular weight is 536 g/mol. The molecule has 0 bridgehead atoms. The van der Waals surface area contributed by atoms with Crippen LogP contribution in [0, 0.1) is 0 Å². The number of guanidine groups is 1. The number of ether oxygens (including phenoxy) is 1. The first-order chi connectivity index (χ1) is 14.7. The number of hydrogen-bond donors (Lipinski definition) is 2. The normalized spacial score (nSPS) is 16.3. The Morgan fingerprint density at radius 1 is 1.10 bits per heavy atom. The van der Waals surface area contributed by atoms with Crippen LogP contribution in [-0.4, -0.2) is 69.3 Å². The molecule has 0 spiro atoms. The summed E-state index contributed by atoms with van der Waals surface area (Å²) in [5.74, 6) is 2.91. The van der Waals surface area contributed by atoms with Gasteiger partial charge in [0.1, 0.15) is 11.6 Å². The summed E-state index contributed by atoms with van der Waals surface area (Å²) in [5.41, 5.74) is 3.79. The van der Waals surface area contributed by atoms with Crippen molar-refractivity contribution in [3.05, 3.63) is 53.2 Å². The van der Waals surface area contributed by atoms with Crippen molar-refractivity contribution in [1.82, 2.24) is 20.5 Å². The second-order valence-electron chi connectivity index (χ2n) is 7.96. The Hall–Kier alpha value is -2.07. The molecule has 1 aromatic heterocycles. The number of pyridine rings is 1. The summed E-state index contributed by atoms with van der Waals surface area (Å²) in [4.78, 5) is 13.7. The Labute approximate surface area is 202 Å². The Kier molecular flexibility index (Phi) is 8.77. The minimum absolute atomic E-state index is 0. The molecule has 31 heavy (non-hydrogen) atoms. The van der Waals surface area contributed by atoms with Crippen molar-refractivity contribution >= 4 is 35.8 Å². The van der Waals surface area contributed by atoms with Gasteiger partial charge in [-0.3, -0.25) is 4.99 Å². The molecule has 2 N–H and O–H groups in total. The van der Waals surface area contributed by atoms with E-state index in [0.717, 1.165) is 75.3 Å². The number of anilines is 1. The molecule has 168 valence electrons. The highest BCUT2D eigenvalue weighted by Crippen LogP contribution is 2.25. The number of nitrogens with one attached hydrogen (secondary N) is 2. The molecule has 2 aliphatic rings. The van der Waals surface area contributed by atoms with Gasteiger partial charge in [0, 0.05) is 58.9 Å². The lowest BCUT2D eigenvalue weighted by molar-refractivity contribution is 0.312. The van der Waals surface area contributed by atoms with Gasteiger partial charge in [0.15, 0.2) is 5.96 Å². The van der Waals surface area contributed by atoms with Gasteiger partial charge >= 0.3 is 0 Å². The van der Waals surface area contributed by atoms with Gasteiger partial charge in [-0.05, 0) is 42.3 Å². The van der Waals surface area contributed by atoms with Gasteiger partial charge in [-0.25, -0.2) is 4.98 Å². The van der Waals surface area contributed by atoms with Gasteiger partial charge in [-0.2, -0.15) is 0 Å². The van der Waals surface area contributed by atoms with Gasteiger partial charge in [0.2, 0.25) is 0 Å². The molecule has 7 nitrogen and oxygen atoms in total. The molecular formula is C23H33IN6O. The first kappa shape index (κ1) is 23.6. The molecule has 0 aliphatic carbocycles. The van der Waals surface area contributed by atoms with Crippen LogP contribution in [0.25, 0.3) is 0 Å². The van der Waals surface area contributed by atoms with Crippen molar-refractivity contribution in [2.24, 2.45) is 4.99 Å². The zero-order valence-corrected chi connectivity index (χ0v) is 20.8. The number of rotatable bonds is 6. The van der Waals surface area contributed by atoms with Crippen LogP contribution in [0.3, 0.4) is 0 Å². The summed E-state index contributed by atoms with van der Waals surface area (Å²) in [7, 11) is 3.97. The number of piperazine rings is 1. The number of nitrogens with zero attached hydrogens (tertiary/aromatic N) is 4. The molecule has 0 saturated carbocycles. The van der Waals surface area contributed by atoms with Crippen LogP contribution < -0.4 is 20.3 Å². The number of hydrogen-bond acceptors (Lipinski definition) is 5. The highest BCUT2D eigenvalue weighted by molar-refractivity contribution is 14.0. The summed E-state index contributed by atoms with van der Waals surface area (Å²) in [6.45, 7) is 6.59. The standard InChI is InChI=1S/C23H32N6O.HI/c1-24-23(25-9-7-18-3-5-21-20(15-18)8-14-30-21)27-17-19-4-6-22(26-16-19)29-12-10-28(2)11-13-29;/h3-6,15-16H,7-14,17H2,1-2H3,(H2,24,25,27);1H. The Bertz CT molecular complexity index is 865. The maximum atomic E-state index is 5.58. The van der Waals surface area contributed by atoms with Crippen molar-refractivity contribution in [2.45, 2.75) is 19.4 Å². The summed E-state index contributed by atoms with van der Waals surface area (Å²) < 4.78 is 5.58. The fraction of sp³-hybridized carbons (Fsp3) is 0.478. The first-order valence-corrected chi connectivity index (χ1v) is 10.8. The summed E-state index contributed by atoms with van der Waals surface area (Å²) in [5, 5.41) is 6.77. The molecule has 3 heterocycles. The van der Waals surface area contributed by atoms with Crippen molar-refractivity contribution in [3.63, 3.8) is 0 Å². The van der Waals surface area contributed by atoms with Gasteiger partial charge < -0.3 is 25.2 Å². The van der Waals surface area contributed by atoms with E-state index >= 15 is 0 Å². The molecule has 1 fully saturated rings. The lowest BCUT2D eigenvalue weighted by atomic mass is 10.1. The topological polar surface area (TPSA) is 65.0 Å². The second kappa shape index (κ2) is 11.5. The van der Waals surface area contributed by atoms with Crippen LogP contribution in [-0.2, 0) is 19.4 Å². The van der Waals surface area contributed by atoms with E-state index in [0.29, 0.717) is 6.54 Å². The molecule has 0 amide bonds. The SMILES string of the molecule is CN=C(NCCc1ccc2c(c1)CCO2)NCc1ccc(N2CCN(C)CC2)nc1.I. The average Bonchev–Trinajstić information content (AvgIpc) is 3.25. The fourth-order valence-electron chi connectivity index (χ4n) is 3.87. The quantitative estimate of drug-likeness (QED) is 0.336. The predicted octanol–water partition coefficient (Wildman–Crippen LogP) is 2.29. The molecular weight excluding hydrogens is 503 g/mol. The smallest absolute Gasteiger partial charge is 0.191 e. The molecule has 0 radical (unpaired) electrons. The summed E-state index contributed by atoms with van der Waals surface area (Å²) in [6.07, 6.45) is 3.93. The maximum Gasteiger partial charge on any atom is 0.191 e. The van der Waals surface area contributed by atoms with E-state index in [2.05, 4.69) is 67.8 Å². The molecule has 0 atom stereocenters. The van der Waals surface area contributed by atoms with Gasteiger partial charge in [-0.15, -0.1) is 24.0 Å². The summed E-state index contributed by atoms with van der Waals surface area (Å²) in [6, 6.07) is 10.8. The van der Waals surface area contributed by atoms with Crippen LogP contribution >= 0.6 is 24.0 Å². The second-order valence-corrected chi connectivity index (χ2v) is 7.96. The van der Waals surface area contributed by atoms with E-state index in [4.69, 9.17) is 4.74 Å². The van der Waals surface area contributed by atoms with Crippen LogP contribution in [0.15, 0.2) is 41.5 Å². The third-order valence-corrected chi connectivity index (χ3v) is 5.78. The van der Waals surface area contributed by atoms with Crippen molar-refractivity contribution in [2.75, 3.05) is 58.3 Å². The van der Waals surface area contributed by atoms with Crippen LogP contribution in [0.4, 0.5) is 5.82 Å². The number of halogens is 1. The zero-order chi connectivity index (χ0) is 20.8. The van der Waals surface area contributed by atoms with Crippen LogP contribution in [0.5, 0.6) is 5.75 Å². The van der Waals surface area contributed by atoms with E-state index in [1.54, 1.807) is 7.05 Å². The monoisotopic (exact) mass is 536 g/mol. The molecule has 1 saturated heterocycles. The van der Waals surface area contributed by atoms with Gasteiger partial charge in [-0.1, -0.05) is 18.2 Å². The molecule has 0 unspecified atom stereocenters.